The van der Waals surface area contributed by atoms with Gasteiger partial charge in [0.25, 0.3) is 0 Å². The van der Waals surface area contributed by atoms with Gasteiger partial charge in [-0.15, -0.1) is 0 Å². The van der Waals surface area contributed by atoms with Crippen LogP contribution in [0.25, 0.3) is 0 Å². The molecule has 0 heterocycles. The molecule has 2 rings (SSSR count). The molecule has 0 aliphatic rings. The molecule has 2 aromatic rings. The second kappa shape index (κ2) is 6.53. The molecule has 2 aromatic carbocycles. The first-order valence-corrected chi connectivity index (χ1v) is 6.50. The van der Waals surface area contributed by atoms with Gasteiger partial charge in [0.2, 0.25) is 0 Å². The van der Waals surface area contributed by atoms with Crippen molar-refractivity contribution < 1.29 is 4.79 Å². The van der Waals surface area contributed by atoms with Crippen molar-refractivity contribution >= 4 is 12.0 Å². The van der Waals surface area contributed by atoms with Crippen LogP contribution in [-0.4, -0.2) is 12.3 Å². The highest BCUT2D eigenvalue weighted by molar-refractivity contribution is 5.75. The molecule has 0 aliphatic carbocycles. The van der Waals surface area contributed by atoms with Crippen LogP contribution in [0.4, 0.5) is 5.69 Å². The lowest BCUT2D eigenvalue weighted by Gasteiger charge is -2.27. The number of carbonyl (C=O) groups excluding carboxylic acids is 1. The highest BCUT2D eigenvalue weighted by Gasteiger charge is 2.14. The third kappa shape index (κ3) is 3.24. The summed E-state index contributed by atoms with van der Waals surface area (Å²) in [6.07, 6.45) is 0.818. The molecule has 3 heteroatoms. The minimum Gasteiger partial charge on any atom is -0.351 e. The zero-order chi connectivity index (χ0) is 14.4. The van der Waals surface area contributed by atoms with Gasteiger partial charge in [0.1, 0.15) is 12.3 Å². The highest BCUT2D eigenvalue weighted by Crippen LogP contribution is 2.20. The quantitative estimate of drug-likeness (QED) is 0.777. The summed E-state index contributed by atoms with van der Waals surface area (Å²) in [6.45, 7) is 2.53. The molecule has 1 unspecified atom stereocenters. The fraction of sp³-hybridized carbons (Fsp3) is 0.176. The minimum atomic E-state index is -0.239. The standard InChI is InChI=1S/C17H16N2O/c1-14(11-18)19(12-15-5-3-2-4-6-15)17-9-7-16(13-20)8-10-17/h2-10,13-14H,12H2,1H3. The van der Waals surface area contributed by atoms with Gasteiger partial charge in [-0.2, -0.15) is 5.26 Å². The molecular formula is C17H16N2O. The van der Waals surface area contributed by atoms with Crippen LogP contribution in [0.5, 0.6) is 0 Å². The average molecular weight is 264 g/mol. The van der Waals surface area contributed by atoms with E-state index < -0.39 is 0 Å². The summed E-state index contributed by atoms with van der Waals surface area (Å²) >= 11 is 0. The maximum Gasteiger partial charge on any atom is 0.150 e. The number of aldehydes is 1. The first-order chi connectivity index (χ1) is 9.74. The van der Waals surface area contributed by atoms with Gasteiger partial charge in [0.15, 0.2) is 0 Å². The Morgan fingerprint density at radius 1 is 1.15 bits per heavy atom. The second-order valence-corrected chi connectivity index (χ2v) is 4.63. The molecule has 0 N–H and O–H groups in total. The van der Waals surface area contributed by atoms with E-state index >= 15 is 0 Å². The topological polar surface area (TPSA) is 44.1 Å². The van der Waals surface area contributed by atoms with Gasteiger partial charge in [0, 0.05) is 17.8 Å². The van der Waals surface area contributed by atoms with Crippen molar-refractivity contribution in [3.05, 3.63) is 65.7 Å². The molecule has 0 bridgehead atoms. The Labute approximate surface area is 119 Å². The van der Waals surface area contributed by atoms with Gasteiger partial charge in [-0.3, -0.25) is 4.79 Å². The lowest BCUT2D eigenvalue weighted by atomic mass is 10.1. The van der Waals surface area contributed by atoms with Crippen LogP contribution >= 0.6 is 0 Å². The number of nitrogens with zero attached hydrogens (tertiary/aromatic N) is 2. The Balaban J connectivity index is 2.27. The van der Waals surface area contributed by atoms with E-state index in [1.807, 2.05) is 54.3 Å². The normalized spacial score (nSPS) is 11.4. The van der Waals surface area contributed by atoms with E-state index in [-0.39, 0.29) is 6.04 Å². The monoisotopic (exact) mass is 264 g/mol. The van der Waals surface area contributed by atoms with Crippen molar-refractivity contribution in [2.75, 3.05) is 4.90 Å². The van der Waals surface area contributed by atoms with Crippen LogP contribution in [0.15, 0.2) is 54.6 Å². The van der Waals surface area contributed by atoms with Crippen LogP contribution < -0.4 is 4.90 Å². The zero-order valence-electron chi connectivity index (χ0n) is 11.4. The van der Waals surface area contributed by atoms with E-state index in [1.54, 1.807) is 12.1 Å². The summed E-state index contributed by atoms with van der Waals surface area (Å²) in [6, 6.07) is 19.3. The Morgan fingerprint density at radius 3 is 2.35 bits per heavy atom. The van der Waals surface area contributed by atoms with Crippen LogP contribution in [-0.2, 0) is 6.54 Å². The van der Waals surface area contributed by atoms with Gasteiger partial charge in [-0.1, -0.05) is 30.3 Å². The van der Waals surface area contributed by atoms with Gasteiger partial charge >= 0.3 is 0 Å². The summed E-state index contributed by atoms with van der Waals surface area (Å²) in [5.74, 6) is 0. The fourth-order valence-electron chi connectivity index (χ4n) is 2.05. The number of benzene rings is 2. The third-order valence-electron chi connectivity index (χ3n) is 3.21. The van der Waals surface area contributed by atoms with E-state index in [9.17, 15) is 10.1 Å². The van der Waals surface area contributed by atoms with Gasteiger partial charge in [0.05, 0.1) is 6.07 Å². The molecule has 0 saturated heterocycles. The van der Waals surface area contributed by atoms with E-state index in [1.165, 1.54) is 0 Å². The smallest absolute Gasteiger partial charge is 0.150 e. The number of rotatable bonds is 5. The molecular weight excluding hydrogens is 248 g/mol. The number of nitriles is 1. The Bertz CT molecular complexity index is 599. The minimum absolute atomic E-state index is 0.239. The van der Waals surface area contributed by atoms with Gasteiger partial charge < -0.3 is 4.90 Å². The maximum atomic E-state index is 10.7. The first-order valence-electron chi connectivity index (χ1n) is 6.50. The number of hydrogen-bond donors (Lipinski definition) is 0. The number of hydrogen-bond acceptors (Lipinski definition) is 3. The van der Waals surface area contributed by atoms with Gasteiger partial charge in [-0.25, -0.2) is 0 Å². The van der Waals surface area contributed by atoms with Crippen LogP contribution in [0.2, 0.25) is 0 Å². The van der Waals surface area contributed by atoms with Crippen molar-refractivity contribution in [2.45, 2.75) is 19.5 Å². The number of anilines is 1. The summed E-state index contributed by atoms with van der Waals surface area (Å²) in [7, 11) is 0. The molecule has 20 heavy (non-hydrogen) atoms. The molecule has 100 valence electrons. The molecule has 0 spiro atoms. The van der Waals surface area contributed by atoms with Gasteiger partial charge in [-0.05, 0) is 36.8 Å². The molecule has 3 nitrogen and oxygen atoms in total. The lowest BCUT2D eigenvalue weighted by molar-refractivity contribution is 0.112. The predicted molar refractivity (Wildman–Crippen MR) is 79.5 cm³/mol. The van der Waals surface area contributed by atoms with Crippen LogP contribution in [0.1, 0.15) is 22.8 Å². The lowest BCUT2D eigenvalue weighted by Crippen LogP contribution is -2.31. The van der Waals surface area contributed by atoms with E-state index in [4.69, 9.17) is 0 Å². The van der Waals surface area contributed by atoms with Crippen LogP contribution in [0.3, 0.4) is 0 Å². The maximum absolute atomic E-state index is 10.7. The first kappa shape index (κ1) is 13.8. The third-order valence-corrected chi connectivity index (χ3v) is 3.21. The predicted octanol–water partition coefficient (Wildman–Crippen LogP) is 3.42. The molecule has 0 amide bonds. The molecule has 0 fully saturated rings. The largest absolute Gasteiger partial charge is 0.351 e. The molecule has 0 radical (unpaired) electrons. The summed E-state index contributed by atoms with van der Waals surface area (Å²) in [5, 5.41) is 9.20. The number of carbonyl (C=O) groups is 1. The Morgan fingerprint density at radius 2 is 1.80 bits per heavy atom. The highest BCUT2D eigenvalue weighted by atomic mass is 16.1. The SMILES string of the molecule is CC(C#N)N(Cc1ccccc1)c1ccc(C=O)cc1. The van der Waals surface area contributed by atoms with E-state index in [2.05, 4.69) is 6.07 Å². The fourth-order valence-corrected chi connectivity index (χ4v) is 2.05. The average Bonchev–Trinajstić information content (AvgIpc) is 2.53. The molecule has 0 saturated carbocycles. The van der Waals surface area contributed by atoms with E-state index in [0.29, 0.717) is 12.1 Å². The van der Waals surface area contributed by atoms with Crippen molar-refractivity contribution in [1.29, 1.82) is 5.26 Å². The Kier molecular flexibility index (Phi) is 4.52. The molecule has 0 aliphatic heterocycles. The van der Waals surface area contributed by atoms with Crippen molar-refractivity contribution in [3.63, 3.8) is 0 Å². The van der Waals surface area contributed by atoms with Crippen molar-refractivity contribution in [1.82, 2.24) is 0 Å². The van der Waals surface area contributed by atoms with Crippen molar-refractivity contribution in [3.8, 4) is 6.07 Å². The summed E-state index contributed by atoms with van der Waals surface area (Å²) in [5.41, 5.74) is 2.72. The second-order valence-electron chi connectivity index (χ2n) is 4.63. The Hall–Kier alpha value is -2.60. The summed E-state index contributed by atoms with van der Waals surface area (Å²) < 4.78 is 0. The van der Waals surface area contributed by atoms with Crippen LogP contribution in [0, 0.1) is 11.3 Å². The molecule has 1 atom stereocenters. The van der Waals surface area contributed by atoms with Crippen molar-refractivity contribution in [2.24, 2.45) is 0 Å². The van der Waals surface area contributed by atoms with E-state index in [0.717, 1.165) is 17.5 Å². The molecule has 0 aromatic heterocycles. The zero-order valence-corrected chi connectivity index (χ0v) is 11.4. The summed E-state index contributed by atoms with van der Waals surface area (Å²) in [4.78, 5) is 12.7.